The third kappa shape index (κ3) is 7.67. The van der Waals surface area contributed by atoms with Crippen molar-refractivity contribution in [2.75, 3.05) is 6.61 Å². The van der Waals surface area contributed by atoms with Gasteiger partial charge in [0.1, 0.15) is 18.6 Å². The van der Waals surface area contributed by atoms with Gasteiger partial charge in [-0.1, -0.05) is 62.7 Å². The molecule has 2 N–H and O–H groups in total. The highest BCUT2D eigenvalue weighted by atomic mass is 35.5. The van der Waals surface area contributed by atoms with Gasteiger partial charge in [-0.25, -0.2) is 9.98 Å². The van der Waals surface area contributed by atoms with E-state index in [1.165, 1.54) is 18.2 Å². The molecule has 0 bridgehead atoms. The number of esters is 1. The molecule has 12 nitrogen and oxygen atoms in total. The number of alkyl halides is 5. The van der Waals surface area contributed by atoms with E-state index < -0.39 is 55.1 Å². The summed E-state index contributed by atoms with van der Waals surface area (Å²) in [6.07, 6.45) is 1.22. The van der Waals surface area contributed by atoms with Crippen LogP contribution in [0.1, 0.15) is 89.1 Å². The summed E-state index contributed by atoms with van der Waals surface area (Å²) in [5, 5.41) is 12.6. The van der Waals surface area contributed by atoms with Crippen molar-refractivity contribution in [2.24, 2.45) is 28.0 Å². The Morgan fingerprint density at radius 1 is 1.07 bits per heavy atom. The Hall–Kier alpha value is -4.93. The number of rotatable bonds is 14. The normalized spacial score (nSPS) is 20.2. The zero-order valence-electron chi connectivity index (χ0n) is 30.2. The second-order valence-corrected chi connectivity index (χ2v) is 15.6. The molecule has 1 amide bonds. The third-order valence-electron chi connectivity index (χ3n) is 10.7. The molecule has 7 rings (SSSR count). The summed E-state index contributed by atoms with van der Waals surface area (Å²) >= 11 is 6.47. The van der Waals surface area contributed by atoms with Crippen molar-refractivity contribution < 1.29 is 36.3 Å². The minimum Gasteiger partial charge on any atom is -0.463 e. The maximum absolute atomic E-state index is 15.2. The number of hydrogen-bond donors (Lipinski definition) is 1. The second-order valence-electron chi connectivity index (χ2n) is 15.2. The molecule has 0 unspecified atom stereocenters. The van der Waals surface area contributed by atoms with Gasteiger partial charge in [0, 0.05) is 11.1 Å². The SMILES string of the molecule is C[C@H](CC(=O)OC[C@H](c1ccc(Cl)c(-c2ncnn2C(F)F)c1)N1C(=O)[C@@](CC(C)(C)C2CC2)(c2ccc(-c3cnn(C4CC4)n3)cc2)N=C1N)C(F)(F)F. The first-order valence-corrected chi connectivity index (χ1v) is 18.3. The summed E-state index contributed by atoms with van der Waals surface area (Å²) in [5.74, 6) is -3.94. The molecule has 2 aromatic heterocycles. The standard InChI is InChI=1S/C37H39ClF5N9O3/c1-20(37(41,42)43)14-30(53)55-17-29(22-6-13-27(38)26(15-22)31-45-19-47-51(31)33(39)40)50-32(54)36(48-34(50)44,18-35(2,3)23-9-10-23)24-7-4-21(5-8-24)28-16-46-52(49-28)25-11-12-25/h4-8,13,15-16,19-20,23,25,29,33H,9-12,14,17-18H2,1-3H3,(H2,44,48)/t20-,29-,36-/m1/s1. The van der Waals surface area contributed by atoms with Gasteiger partial charge in [-0.2, -0.15) is 46.7 Å². The molecule has 18 heteroatoms. The van der Waals surface area contributed by atoms with E-state index in [1.807, 2.05) is 12.1 Å². The van der Waals surface area contributed by atoms with Crippen molar-refractivity contribution in [3.63, 3.8) is 0 Å². The predicted octanol–water partition coefficient (Wildman–Crippen LogP) is 7.64. The predicted molar refractivity (Wildman–Crippen MR) is 190 cm³/mol. The monoisotopic (exact) mass is 787 g/mol. The molecule has 3 aliphatic rings. The number of amides is 1. The van der Waals surface area contributed by atoms with Crippen molar-refractivity contribution in [3.05, 3.63) is 71.1 Å². The largest absolute Gasteiger partial charge is 0.463 e. The van der Waals surface area contributed by atoms with Crippen LogP contribution >= 0.6 is 11.6 Å². The van der Waals surface area contributed by atoms with Crippen LogP contribution in [-0.4, -0.2) is 65.3 Å². The van der Waals surface area contributed by atoms with Crippen LogP contribution in [0.5, 0.6) is 0 Å². The number of guanidine groups is 1. The van der Waals surface area contributed by atoms with Gasteiger partial charge in [-0.3, -0.25) is 14.5 Å². The zero-order chi connectivity index (χ0) is 39.4. The van der Waals surface area contributed by atoms with Crippen molar-refractivity contribution in [3.8, 4) is 22.6 Å². The van der Waals surface area contributed by atoms with Crippen LogP contribution in [0, 0.1) is 17.3 Å². The Morgan fingerprint density at radius 3 is 2.42 bits per heavy atom. The first-order chi connectivity index (χ1) is 26.0. The van der Waals surface area contributed by atoms with Crippen LogP contribution in [0.3, 0.4) is 0 Å². The molecule has 1 aliphatic heterocycles. The van der Waals surface area contributed by atoms with Crippen LogP contribution < -0.4 is 5.73 Å². The summed E-state index contributed by atoms with van der Waals surface area (Å²) in [7, 11) is 0. The number of hydrogen-bond acceptors (Lipinski definition) is 9. The Morgan fingerprint density at radius 2 is 1.78 bits per heavy atom. The number of nitrogens with zero attached hydrogens (tertiary/aromatic N) is 8. The molecule has 0 saturated heterocycles. The molecule has 4 aromatic rings. The number of ether oxygens (including phenoxy) is 1. The molecular formula is C37H39ClF5N9O3. The van der Waals surface area contributed by atoms with E-state index in [0.717, 1.165) is 49.4 Å². The second kappa shape index (κ2) is 14.3. The highest BCUT2D eigenvalue weighted by molar-refractivity contribution is 6.33. The minimum atomic E-state index is -4.65. The van der Waals surface area contributed by atoms with E-state index in [0.29, 0.717) is 27.9 Å². The average Bonchev–Trinajstić information content (AvgIpc) is 4.05. The maximum Gasteiger partial charge on any atom is 0.392 e. The van der Waals surface area contributed by atoms with Crippen molar-refractivity contribution in [2.45, 2.75) is 89.6 Å². The molecule has 0 spiro atoms. The van der Waals surface area contributed by atoms with Gasteiger partial charge in [-0.15, -0.1) is 0 Å². The topological polar surface area (TPSA) is 146 Å². The van der Waals surface area contributed by atoms with E-state index in [9.17, 15) is 26.7 Å². The van der Waals surface area contributed by atoms with Gasteiger partial charge in [0.05, 0.1) is 35.6 Å². The van der Waals surface area contributed by atoms with Crippen molar-refractivity contribution in [1.82, 2.24) is 34.7 Å². The van der Waals surface area contributed by atoms with Crippen LogP contribution in [0.4, 0.5) is 22.0 Å². The van der Waals surface area contributed by atoms with Crippen LogP contribution in [-0.2, 0) is 19.9 Å². The molecular weight excluding hydrogens is 749 g/mol. The quantitative estimate of drug-likeness (QED) is 0.101. The number of carbonyl (C=O) groups is 2. The highest BCUT2D eigenvalue weighted by Crippen LogP contribution is 2.54. The molecule has 3 heterocycles. The third-order valence-corrected chi connectivity index (χ3v) is 11.0. The van der Waals surface area contributed by atoms with Crippen molar-refractivity contribution in [1.29, 1.82) is 0 Å². The first kappa shape index (κ1) is 38.3. The molecule has 2 saturated carbocycles. The van der Waals surface area contributed by atoms with Gasteiger partial charge < -0.3 is 10.5 Å². The number of aliphatic imine (C=N–C) groups is 1. The lowest BCUT2D eigenvalue weighted by molar-refractivity contribution is -0.181. The number of benzene rings is 2. The first-order valence-electron chi connectivity index (χ1n) is 17.9. The van der Waals surface area contributed by atoms with Gasteiger partial charge >= 0.3 is 18.7 Å². The lowest BCUT2D eigenvalue weighted by Gasteiger charge is -2.36. The average molecular weight is 788 g/mol. The Labute approximate surface area is 317 Å². The van der Waals surface area contributed by atoms with Crippen molar-refractivity contribution >= 4 is 29.4 Å². The molecule has 292 valence electrons. The molecule has 2 fully saturated rings. The molecule has 0 radical (unpaired) electrons. The lowest BCUT2D eigenvalue weighted by atomic mass is 9.72. The van der Waals surface area contributed by atoms with Gasteiger partial charge in [0.15, 0.2) is 17.3 Å². The summed E-state index contributed by atoms with van der Waals surface area (Å²) in [4.78, 5) is 39.7. The Bertz CT molecular complexity index is 2110. The fourth-order valence-corrected chi connectivity index (χ4v) is 7.41. The fraction of sp³-hybridized carbons (Fsp3) is 0.486. The highest BCUT2D eigenvalue weighted by Gasteiger charge is 2.56. The Kier molecular flexibility index (Phi) is 9.97. The summed E-state index contributed by atoms with van der Waals surface area (Å²) < 4.78 is 73.6. The van der Waals surface area contributed by atoms with Gasteiger partial charge in [-0.05, 0) is 66.7 Å². The molecule has 2 aliphatic carbocycles. The van der Waals surface area contributed by atoms with Crippen LogP contribution in [0.2, 0.25) is 5.02 Å². The van der Waals surface area contributed by atoms with Crippen LogP contribution in [0.15, 0.2) is 60.0 Å². The summed E-state index contributed by atoms with van der Waals surface area (Å²) in [6, 6.07) is 10.5. The Balaban J connectivity index is 1.28. The van der Waals surface area contributed by atoms with E-state index in [4.69, 9.17) is 27.1 Å². The summed E-state index contributed by atoms with van der Waals surface area (Å²) in [5.41, 5.74) is 6.90. The zero-order valence-corrected chi connectivity index (χ0v) is 30.9. The van der Waals surface area contributed by atoms with E-state index >= 15 is 4.79 Å². The molecule has 2 aromatic carbocycles. The van der Waals surface area contributed by atoms with E-state index in [2.05, 4.69) is 34.1 Å². The fourth-order valence-electron chi connectivity index (χ4n) is 7.21. The number of halogens is 6. The number of nitrogens with two attached hydrogens (primary N) is 1. The number of carbonyl (C=O) groups excluding carboxylic acids is 2. The van der Waals surface area contributed by atoms with E-state index in [1.54, 1.807) is 23.1 Å². The van der Waals surface area contributed by atoms with Gasteiger partial charge in [0.25, 0.3) is 5.91 Å². The molecule has 55 heavy (non-hydrogen) atoms. The number of aromatic nitrogens is 6. The minimum absolute atomic E-state index is 0.0106. The molecule has 3 atom stereocenters. The van der Waals surface area contributed by atoms with Gasteiger partial charge in [0.2, 0.25) is 0 Å². The van der Waals surface area contributed by atoms with Crippen LogP contribution in [0.25, 0.3) is 22.6 Å². The smallest absolute Gasteiger partial charge is 0.392 e. The van der Waals surface area contributed by atoms with E-state index in [-0.39, 0.29) is 39.8 Å². The lowest BCUT2D eigenvalue weighted by Crippen LogP contribution is -2.47. The maximum atomic E-state index is 15.2. The summed E-state index contributed by atoms with van der Waals surface area (Å²) in [6.45, 7) is 1.26.